The summed E-state index contributed by atoms with van der Waals surface area (Å²) in [6.07, 6.45) is 0.0486. The van der Waals surface area contributed by atoms with Crippen LogP contribution in [0.4, 0.5) is 0 Å². The second-order valence-electron chi connectivity index (χ2n) is 8.91. The van der Waals surface area contributed by atoms with Crippen molar-refractivity contribution in [2.75, 3.05) is 0 Å². The summed E-state index contributed by atoms with van der Waals surface area (Å²) >= 11 is 18.3. The zero-order valence-corrected chi connectivity index (χ0v) is 23.0. The smallest absolute Gasteiger partial charge is 0.326 e. The highest BCUT2D eigenvalue weighted by molar-refractivity contribution is 6.42. The van der Waals surface area contributed by atoms with Crippen molar-refractivity contribution in [3.63, 3.8) is 0 Å². The number of amides is 1. The van der Waals surface area contributed by atoms with E-state index in [0.717, 1.165) is 11.1 Å². The van der Waals surface area contributed by atoms with Gasteiger partial charge in [-0.1, -0.05) is 102 Å². The van der Waals surface area contributed by atoms with Crippen molar-refractivity contribution >= 4 is 46.7 Å². The number of rotatable bonds is 8. The molecule has 1 heterocycles. The molecule has 2 N–H and O–H groups in total. The quantitative estimate of drug-likeness (QED) is 0.203. The van der Waals surface area contributed by atoms with Crippen LogP contribution in [0.5, 0.6) is 0 Å². The number of carbonyl (C=O) groups is 2. The molecule has 0 aliphatic heterocycles. The highest BCUT2D eigenvalue weighted by Gasteiger charge is 2.26. The minimum atomic E-state index is -1.22. The second kappa shape index (κ2) is 11.9. The van der Waals surface area contributed by atoms with E-state index in [1.165, 1.54) is 4.68 Å². The zero-order chi connectivity index (χ0) is 28.2. The van der Waals surface area contributed by atoms with Gasteiger partial charge in [0, 0.05) is 17.0 Å². The Balaban J connectivity index is 1.49. The molecule has 0 saturated carbocycles. The number of aliphatic carboxylic acids is 1. The topological polar surface area (TPSA) is 97.1 Å². The fraction of sp³-hybridized carbons (Fsp3) is 0.0667. The number of benzene rings is 4. The van der Waals surface area contributed by atoms with Crippen LogP contribution in [0.25, 0.3) is 28.2 Å². The lowest BCUT2D eigenvalue weighted by molar-refractivity contribution is -0.139. The largest absolute Gasteiger partial charge is 0.480 e. The SMILES string of the molecule is O=C(NC(Cc1ccc(Cl)cc1)C(=O)O)c1nc(-c2ccc(-c3ccccc3)cc2)nn1-c1ccc(Cl)c(Cl)c1. The first-order valence-corrected chi connectivity index (χ1v) is 13.3. The zero-order valence-electron chi connectivity index (χ0n) is 20.8. The van der Waals surface area contributed by atoms with Crippen LogP contribution in [0.3, 0.4) is 0 Å². The van der Waals surface area contributed by atoms with Gasteiger partial charge in [-0.15, -0.1) is 5.10 Å². The number of hydrogen-bond donors (Lipinski definition) is 2. The fourth-order valence-electron chi connectivity index (χ4n) is 4.10. The lowest BCUT2D eigenvalue weighted by atomic mass is 10.0. The first kappa shape index (κ1) is 27.4. The van der Waals surface area contributed by atoms with Crippen molar-refractivity contribution in [1.82, 2.24) is 20.1 Å². The molecule has 0 spiro atoms. The van der Waals surface area contributed by atoms with E-state index in [0.29, 0.717) is 26.9 Å². The number of aromatic nitrogens is 3. The van der Waals surface area contributed by atoms with E-state index in [2.05, 4.69) is 15.4 Å². The Morgan fingerprint density at radius 1 is 0.800 bits per heavy atom. The molecular weight excluding hydrogens is 571 g/mol. The number of hydrogen-bond acceptors (Lipinski definition) is 4. The summed E-state index contributed by atoms with van der Waals surface area (Å²) in [5.74, 6) is -1.74. The molecule has 5 rings (SSSR count). The van der Waals surface area contributed by atoms with Crippen molar-refractivity contribution in [3.8, 4) is 28.2 Å². The summed E-state index contributed by atoms with van der Waals surface area (Å²) < 4.78 is 1.32. The van der Waals surface area contributed by atoms with E-state index >= 15 is 0 Å². The summed E-state index contributed by atoms with van der Waals surface area (Å²) in [7, 11) is 0. The van der Waals surface area contributed by atoms with Gasteiger partial charge in [0.2, 0.25) is 5.82 Å². The summed E-state index contributed by atoms with van der Waals surface area (Å²) in [5.41, 5.74) is 3.87. The minimum absolute atomic E-state index is 0.0486. The minimum Gasteiger partial charge on any atom is -0.480 e. The summed E-state index contributed by atoms with van der Waals surface area (Å²) in [5, 5.41) is 18.1. The van der Waals surface area contributed by atoms with E-state index < -0.39 is 17.9 Å². The molecule has 40 heavy (non-hydrogen) atoms. The second-order valence-corrected chi connectivity index (χ2v) is 10.2. The van der Waals surface area contributed by atoms with Crippen molar-refractivity contribution in [2.45, 2.75) is 12.5 Å². The summed E-state index contributed by atoms with van der Waals surface area (Å²) in [4.78, 5) is 30.0. The van der Waals surface area contributed by atoms with Crippen molar-refractivity contribution < 1.29 is 14.7 Å². The van der Waals surface area contributed by atoms with E-state index in [4.69, 9.17) is 34.8 Å². The van der Waals surface area contributed by atoms with Crippen LogP contribution in [0.1, 0.15) is 16.2 Å². The average molecular weight is 592 g/mol. The van der Waals surface area contributed by atoms with Crippen LogP contribution >= 0.6 is 34.8 Å². The third kappa shape index (κ3) is 6.18. The number of carboxylic acid groups (broad SMARTS) is 1. The number of halogens is 3. The van der Waals surface area contributed by atoms with Gasteiger partial charge in [-0.05, 0) is 47.0 Å². The first-order valence-electron chi connectivity index (χ1n) is 12.1. The number of carbonyl (C=O) groups excluding carboxylic acids is 1. The Hall–Kier alpha value is -4.17. The van der Waals surface area contributed by atoms with Gasteiger partial charge in [0.1, 0.15) is 6.04 Å². The maximum absolute atomic E-state index is 13.5. The standard InChI is InChI=1S/C30H21Cl3N4O3/c31-22-12-6-18(7-13-22)16-26(30(39)40)34-29(38)28-35-27(36-37(28)23-14-15-24(32)25(33)17-23)21-10-8-20(9-11-21)19-4-2-1-3-5-19/h1-15,17,26H,16H2,(H,34,38)(H,39,40). The van der Waals surface area contributed by atoms with Crippen molar-refractivity contribution in [3.05, 3.63) is 124 Å². The normalized spacial score (nSPS) is 11.7. The molecule has 200 valence electrons. The van der Waals surface area contributed by atoms with E-state index in [1.807, 2.05) is 54.6 Å². The molecule has 0 saturated heterocycles. The molecule has 0 bridgehead atoms. The molecule has 1 unspecified atom stereocenters. The Morgan fingerprint density at radius 3 is 2.10 bits per heavy atom. The average Bonchev–Trinajstić information content (AvgIpc) is 3.41. The highest BCUT2D eigenvalue weighted by Crippen LogP contribution is 2.27. The van der Waals surface area contributed by atoms with Gasteiger partial charge >= 0.3 is 5.97 Å². The predicted molar refractivity (Wildman–Crippen MR) is 156 cm³/mol. The Bertz CT molecular complexity index is 1670. The summed E-state index contributed by atoms with van der Waals surface area (Å²) in [6.45, 7) is 0. The molecule has 4 aromatic carbocycles. The Kier molecular flexibility index (Phi) is 8.16. The van der Waals surface area contributed by atoms with Gasteiger partial charge in [-0.3, -0.25) is 4.79 Å². The molecule has 0 aliphatic carbocycles. The van der Waals surface area contributed by atoms with E-state index in [1.54, 1.807) is 42.5 Å². The van der Waals surface area contributed by atoms with Crippen LogP contribution in [0, 0.1) is 0 Å². The van der Waals surface area contributed by atoms with Gasteiger partial charge < -0.3 is 10.4 Å². The van der Waals surface area contributed by atoms with E-state index in [-0.39, 0.29) is 23.1 Å². The number of carboxylic acids is 1. The molecule has 0 fully saturated rings. The van der Waals surface area contributed by atoms with Crippen LogP contribution in [0.2, 0.25) is 15.1 Å². The summed E-state index contributed by atoms with van der Waals surface area (Å²) in [6, 6.07) is 27.8. The van der Waals surface area contributed by atoms with Gasteiger partial charge in [-0.25, -0.2) is 14.5 Å². The van der Waals surface area contributed by atoms with Crippen LogP contribution < -0.4 is 5.32 Å². The molecule has 7 nitrogen and oxygen atoms in total. The lowest BCUT2D eigenvalue weighted by Crippen LogP contribution is -2.43. The highest BCUT2D eigenvalue weighted by atomic mass is 35.5. The van der Waals surface area contributed by atoms with Gasteiger partial charge in [0.25, 0.3) is 5.91 Å². The third-order valence-electron chi connectivity index (χ3n) is 6.16. The molecule has 1 amide bonds. The molecule has 0 radical (unpaired) electrons. The molecule has 1 atom stereocenters. The number of nitrogens with zero attached hydrogens (tertiary/aromatic N) is 3. The molecule has 0 aliphatic rings. The Labute approximate surface area is 245 Å². The fourth-order valence-corrected chi connectivity index (χ4v) is 4.52. The lowest BCUT2D eigenvalue weighted by Gasteiger charge is -2.15. The maximum atomic E-state index is 13.5. The van der Waals surface area contributed by atoms with Gasteiger partial charge in [0.15, 0.2) is 5.82 Å². The van der Waals surface area contributed by atoms with Crippen molar-refractivity contribution in [2.24, 2.45) is 0 Å². The molecular formula is C30H21Cl3N4O3. The van der Waals surface area contributed by atoms with Crippen LogP contribution in [-0.2, 0) is 11.2 Å². The van der Waals surface area contributed by atoms with Crippen LogP contribution in [-0.4, -0.2) is 37.8 Å². The molecule has 5 aromatic rings. The van der Waals surface area contributed by atoms with Crippen LogP contribution in [0.15, 0.2) is 97.1 Å². The first-order chi connectivity index (χ1) is 19.3. The van der Waals surface area contributed by atoms with E-state index in [9.17, 15) is 14.7 Å². The van der Waals surface area contributed by atoms with Crippen molar-refractivity contribution in [1.29, 1.82) is 0 Å². The number of nitrogens with one attached hydrogen (secondary N) is 1. The third-order valence-corrected chi connectivity index (χ3v) is 7.16. The van der Waals surface area contributed by atoms with Gasteiger partial charge in [-0.2, -0.15) is 0 Å². The molecule has 1 aromatic heterocycles. The Morgan fingerprint density at radius 2 is 1.45 bits per heavy atom. The molecule has 10 heteroatoms. The predicted octanol–water partition coefficient (Wildman–Crippen LogP) is 6.99. The maximum Gasteiger partial charge on any atom is 0.326 e. The monoisotopic (exact) mass is 590 g/mol. The van der Waals surface area contributed by atoms with Gasteiger partial charge in [0.05, 0.1) is 15.7 Å².